The van der Waals surface area contributed by atoms with E-state index in [0.717, 1.165) is 21.3 Å². The number of nitrogens with one attached hydrogen (secondary N) is 1. The Balaban J connectivity index is 1.63. The summed E-state index contributed by atoms with van der Waals surface area (Å²) in [4.78, 5) is 17.3. The Morgan fingerprint density at radius 2 is 1.73 bits per heavy atom. The van der Waals surface area contributed by atoms with Crippen LogP contribution in [-0.2, 0) is 0 Å². The monoisotopic (exact) mass is 504 g/mol. The minimum atomic E-state index is -0.180. The van der Waals surface area contributed by atoms with Crippen molar-refractivity contribution in [2.24, 2.45) is 5.92 Å². The average molecular weight is 505 g/mol. The van der Waals surface area contributed by atoms with E-state index >= 15 is 0 Å². The summed E-state index contributed by atoms with van der Waals surface area (Å²) < 4.78 is 8.33. The lowest BCUT2D eigenvalue weighted by Crippen LogP contribution is -2.12. The number of aromatic nitrogens is 3. The van der Waals surface area contributed by atoms with Crippen molar-refractivity contribution in [3.8, 4) is 23.1 Å². The fraction of sp³-hybridized carbons (Fsp3) is 0.192. The molecule has 168 valence electrons. The topological polar surface area (TPSA) is 69.0 Å². The number of ether oxygens (including phenoxy) is 1. The molecule has 4 rings (SSSR count). The third-order valence-electron chi connectivity index (χ3n) is 5.01. The van der Waals surface area contributed by atoms with Gasteiger partial charge in [-0.25, -0.2) is 4.68 Å². The van der Waals surface area contributed by atoms with Crippen molar-refractivity contribution < 1.29 is 9.53 Å². The van der Waals surface area contributed by atoms with Crippen LogP contribution in [0.15, 0.2) is 77.3 Å². The lowest BCUT2D eigenvalue weighted by molar-refractivity contribution is 0.102. The highest BCUT2D eigenvalue weighted by atomic mass is 79.9. The van der Waals surface area contributed by atoms with Gasteiger partial charge < -0.3 is 10.1 Å². The lowest BCUT2D eigenvalue weighted by Gasteiger charge is -2.10. The van der Waals surface area contributed by atoms with E-state index in [0.29, 0.717) is 35.6 Å². The van der Waals surface area contributed by atoms with Crippen molar-refractivity contribution in [2.45, 2.75) is 20.8 Å². The number of hydrogen-bond donors (Lipinski definition) is 1. The van der Waals surface area contributed by atoms with Gasteiger partial charge >= 0.3 is 6.01 Å². The number of carbonyl (C=O) groups is 1. The molecule has 33 heavy (non-hydrogen) atoms. The van der Waals surface area contributed by atoms with Crippen molar-refractivity contribution in [1.29, 1.82) is 0 Å². The van der Waals surface area contributed by atoms with Crippen molar-refractivity contribution in [3.05, 3.63) is 88.4 Å². The Bertz CT molecular complexity index is 1270. The van der Waals surface area contributed by atoms with Crippen molar-refractivity contribution in [1.82, 2.24) is 14.8 Å². The molecule has 3 aromatic carbocycles. The van der Waals surface area contributed by atoms with Crippen molar-refractivity contribution in [2.75, 3.05) is 11.9 Å². The van der Waals surface area contributed by atoms with Gasteiger partial charge in [0.2, 0.25) is 0 Å². The summed E-state index contributed by atoms with van der Waals surface area (Å²) in [6, 6.07) is 23.2. The summed E-state index contributed by atoms with van der Waals surface area (Å²) in [5, 5.41) is 7.54. The maximum absolute atomic E-state index is 12.6. The molecule has 4 aromatic rings. The zero-order chi connectivity index (χ0) is 23.4. The highest BCUT2D eigenvalue weighted by Crippen LogP contribution is 2.27. The van der Waals surface area contributed by atoms with Crippen molar-refractivity contribution in [3.63, 3.8) is 0 Å². The molecule has 6 nitrogen and oxygen atoms in total. The van der Waals surface area contributed by atoms with E-state index in [1.165, 1.54) is 0 Å². The van der Waals surface area contributed by atoms with Crippen LogP contribution in [0.25, 0.3) is 17.1 Å². The number of benzene rings is 3. The van der Waals surface area contributed by atoms with Gasteiger partial charge in [0, 0.05) is 15.7 Å². The molecule has 1 amide bonds. The molecule has 7 heteroatoms. The molecule has 1 aromatic heterocycles. The van der Waals surface area contributed by atoms with Gasteiger partial charge in [-0.3, -0.25) is 4.79 Å². The van der Waals surface area contributed by atoms with Crippen LogP contribution < -0.4 is 10.1 Å². The number of anilines is 1. The predicted octanol–water partition coefficient (Wildman–Crippen LogP) is 6.29. The molecular weight excluding hydrogens is 480 g/mol. The summed E-state index contributed by atoms with van der Waals surface area (Å²) in [6.07, 6.45) is 0. The van der Waals surface area contributed by atoms with E-state index in [1.807, 2.05) is 73.7 Å². The molecule has 1 heterocycles. The van der Waals surface area contributed by atoms with Gasteiger partial charge in [-0.2, -0.15) is 4.98 Å². The third kappa shape index (κ3) is 5.31. The van der Waals surface area contributed by atoms with Gasteiger partial charge in [0.1, 0.15) is 0 Å². The number of carbonyl (C=O) groups excluding carboxylic acids is 1. The van der Waals surface area contributed by atoms with E-state index < -0.39 is 0 Å². The average Bonchev–Trinajstić information content (AvgIpc) is 3.23. The van der Waals surface area contributed by atoms with Crippen LogP contribution in [0.3, 0.4) is 0 Å². The molecule has 0 bridgehead atoms. The predicted molar refractivity (Wildman–Crippen MR) is 134 cm³/mol. The maximum Gasteiger partial charge on any atom is 0.336 e. The van der Waals surface area contributed by atoms with E-state index in [4.69, 9.17) is 4.74 Å². The number of rotatable bonds is 7. The number of halogens is 1. The third-order valence-corrected chi connectivity index (χ3v) is 5.70. The molecule has 0 aliphatic carbocycles. The highest BCUT2D eigenvalue weighted by Gasteiger charge is 2.17. The molecule has 0 spiro atoms. The largest absolute Gasteiger partial charge is 0.462 e. The number of nitrogens with zero attached hydrogens (tertiary/aromatic N) is 3. The molecule has 0 atom stereocenters. The normalized spacial score (nSPS) is 10.9. The zero-order valence-corrected chi connectivity index (χ0v) is 20.3. The van der Waals surface area contributed by atoms with Crippen LogP contribution in [0.5, 0.6) is 6.01 Å². The summed E-state index contributed by atoms with van der Waals surface area (Å²) in [6.45, 7) is 6.75. The number of aryl methyl sites for hydroxylation is 1. The second kappa shape index (κ2) is 10.0. The molecule has 1 N–H and O–H groups in total. The molecule has 0 radical (unpaired) electrons. The first-order chi connectivity index (χ1) is 15.9. The van der Waals surface area contributed by atoms with E-state index in [9.17, 15) is 4.79 Å². The standard InChI is InChI=1S/C26H25BrN4O2/c1-17(2)16-33-26-29-24(21-9-5-4-8-18(21)3)31(30-26)20-14-12-19(13-15-20)28-25(32)22-10-6-7-11-23(22)27/h4-15,17H,16H2,1-3H3,(H,28,32). The van der Waals surface area contributed by atoms with Gasteiger partial charge in [0.25, 0.3) is 5.91 Å². The Morgan fingerprint density at radius 3 is 2.42 bits per heavy atom. The van der Waals surface area contributed by atoms with Crippen LogP contribution >= 0.6 is 15.9 Å². The summed E-state index contributed by atoms with van der Waals surface area (Å²) in [5.74, 6) is 0.893. The van der Waals surface area contributed by atoms with Gasteiger partial charge in [0.15, 0.2) is 5.82 Å². The molecule has 0 aliphatic rings. The van der Waals surface area contributed by atoms with Crippen LogP contribution in [-0.4, -0.2) is 27.3 Å². The number of amides is 1. The molecular formula is C26H25BrN4O2. The minimum absolute atomic E-state index is 0.180. The Kier molecular flexibility index (Phi) is 6.89. The molecule has 0 fully saturated rings. The Hall–Kier alpha value is -3.45. The van der Waals surface area contributed by atoms with Crippen LogP contribution in [0.2, 0.25) is 0 Å². The number of hydrogen-bond acceptors (Lipinski definition) is 4. The molecule has 0 aliphatic heterocycles. The molecule has 0 saturated carbocycles. The summed E-state index contributed by atoms with van der Waals surface area (Å²) in [7, 11) is 0. The second-order valence-corrected chi connectivity index (χ2v) is 8.98. The maximum atomic E-state index is 12.6. The van der Waals surface area contributed by atoms with Crippen LogP contribution in [0, 0.1) is 12.8 Å². The first kappa shape index (κ1) is 22.7. The van der Waals surface area contributed by atoms with E-state index in [-0.39, 0.29) is 5.91 Å². The van der Waals surface area contributed by atoms with Crippen LogP contribution in [0.1, 0.15) is 29.8 Å². The SMILES string of the molecule is Cc1ccccc1-c1nc(OCC(C)C)nn1-c1ccc(NC(=O)c2ccccc2Br)cc1. The van der Waals surface area contributed by atoms with Crippen LogP contribution in [0.4, 0.5) is 5.69 Å². The van der Waals surface area contributed by atoms with E-state index in [2.05, 4.69) is 45.2 Å². The molecule has 0 saturated heterocycles. The van der Waals surface area contributed by atoms with Crippen molar-refractivity contribution >= 4 is 27.5 Å². The highest BCUT2D eigenvalue weighted by molar-refractivity contribution is 9.10. The Morgan fingerprint density at radius 1 is 1.03 bits per heavy atom. The van der Waals surface area contributed by atoms with Gasteiger partial charge in [-0.1, -0.05) is 50.2 Å². The second-order valence-electron chi connectivity index (χ2n) is 8.13. The first-order valence-electron chi connectivity index (χ1n) is 10.7. The van der Waals surface area contributed by atoms with E-state index in [1.54, 1.807) is 10.7 Å². The van der Waals surface area contributed by atoms with Gasteiger partial charge in [-0.05, 0) is 70.7 Å². The fourth-order valence-electron chi connectivity index (χ4n) is 3.30. The summed E-state index contributed by atoms with van der Waals surface area (Å²) in [5.41, 5.74) is 4.16. The smallest absolute Gasteiger partial charge is 0.336 e. The molecule has 0 unspecified atom stereocenters. The van der Waals surface area contributed by atoms with Gasteiger partial charge in [0.05, 0.1) is 17.9 Å². The van der Waals surface area contributed by atoms with Gasteiger partial charge in [-0.15, -0.1) is 5.10 Å². The first-order valence-corrected chi connectivity index (χ1v) is 11.5. The zero-order valence-electron chi connectivity index (χ0n) is 18.7. The Labute approximate surface area is 201 Å². The minimum Gasteiger partial charge on any atom is -0.462 e. The quantitative estimate of drug-likeness (QED) is 0.321. The lowest BCUT2D eigenvalue weighted by atomic mass is 10.1. The summed E-state index contributed by atoms with van der Waals surface area (Å²) >= 11 is 3.42. The fourth-order valence-corrected chi connectivity index (χ4v) is 3.77.